The summed E-state index contributed by atoms with van der Waals surface area (Å²) >= 11 is 3.56. The van der Waals surface area contributed by atoms with Gasteiger partial charge in [0.05, 0.1) is 28.5 Å². The minimum Gasteiger partial charge on any atom is -0.394 e. The molecule has 2 unspecified atom stereocenters. The van der Waals surface area contributed by atoms with Crippen LogP contribution in [0, 0.1) is 13.8 Å². The van der Waals surface area contributed by atoms with Crippen molar-refractivity contribution in [2.45, 2.75) is 44.7 Å². The highest BCUT2D eigenvalue weighted by Gasteiger charge is 2.39. The van der Waals surface area contributed by atoms with E-state index in [1.54, 1.807) is 0 Å². The van der Waals surface area contributed by atoms with Gasteiger partial charge >= 0.3 is 0 Å². The molecule has 1 heterocycles. The summed E-state index contributed by atoms with van der Waals surface area (Å²) in [5.41, 5.74) is 2.09. The number of halogens is 1. The van der Waals surface area contributed by atoms with Crippen molar-refractivity contribution in [2.75, 3.05) is 13.7 Å². The van der Waals surface area contributed by atoms with Crippen LogP contribution in [0.3, 0.4) is 0 Å². The second-order valence-corrected chi connectivity index (χ2v) is 5.81. The van der Waals surface area contributed by atoms with E-state index in [0.717, 1.165) is 29.4 Å². The normalized spacial score (nSPS) is 28.9. The van der Waals surface area contributed by atoms with Crippen LogP contribution in [0.4, 0.5) is 0 Å². The highest BCUT2D eigenvalue weighted by molar-refractivity contribution is 9.10. The van der Waals surface area contributed by atoms with Crippen molar-refractivity contribution in [1.82, 2.24) is 15.1 Å². The lowest BCUT2D eigenvalue weighted by Gasteiger charge is -2.26. The van der Waals surface area contributed by atoms with Crippen LogP contribution in [-0.4, -0.2) is 34.1 Å². The minimum atomic E-state index is -0.122. The molecular formula is C12H20BrN3O. The van der Waals surface area contributed by atoms with Crippen LogP contribution in [0.2, 0.25) is 0 Å². The van der Waals surface area contributed by atoms with E-state index < -0.39 is 0 Å². The number of nitrogens with zero attached hydrogens (tertiary/aromatic N) is 2. The Labute approximate surface area is 111 Å². The first-order valence-electron chi connectivity index (χ1n) is 6.04. The summed E-state index contributed by atoms with van der Waals surface area (Å²) < 4.78 is 3.21. The molecule has 0 aliphatic heterocycles. The molecule has 0 bridgehead atoms. The van der Waals surface area contributed by atoms with Crippen LogP contribution in [0.1, 0.15) is 36.7 Å². The molecule has 17 heavy (non-hydrogen) atoms. The van der Waals surface area contributed by atoms with E-state index in [4.69, 9.17) is 0 Å². The van der Waals surface area contributed by atoms with Crippen LogP contribution >= 0.6 is 15.9 Å². The van der Waals surface area contributed by atoms with Gasteiger partial charge in [-0.05, 0) is 56.1 Å². The predicted molar refractivity (Wildman–Crippen MR) is 71.2 cm³/mol. The quantitative estimate of drug-likeness (QED) is 0.897. The summed E-state index contributed by atoms with van der Waals surface area (Å²) in [6, 6.07) is 0.389. The maximum atomic E-state index is 9.51. The SMILES string of the molecule is CNC1(CO)CCC(n2nc(C)c(Br)c2C)C1. The third kappa shape index (κ3) is 2.16. The molecule has 2 atom stereocenters. The van der Waals surface area contributed by atoms with Gasteiger partial charge in [0, 0.05) is 5.54 Å². The second-order valence-electron chi connectivity index (χ2n) is 5.01. The van der Waals surface area contributed by atoms with Gasteiger partial charge in [-0.2, -0.15) is 5.10 Å². The Bertz CT molecular complexity index is 412. The third-order valence-electron chi connectivity index (χ3n) is 4.00. The summed E-state index contributed by atoms with van der Waals surface area (Å²) in [7, 11) is 1.93. The van der Waals surface area contributed by atoms with E-state index in [-0.39, 0.29) is 12.1 Å². The molecule has 0 radical (unpaired) electrons. The van der Waals surface area contributed by atoms with Crippen LogP contribution in [0.25, 0.3) is 0 Å². The second kappa shape index (κ2) is 4.71. The Hall–Kier alpha value is -0.390. The van der Waals surface area contributed by atoms with Crippen LogP contribution < -0.4 is 5.32 Å². The van der Waals surface area contributed by atoms with Crippen molar-refractivity contribution in [3.63, 3.8) is 0 Å². The Balaban J connectivity index is 2.23. The Morgan fingerprint density at radius 2 is 2.29 bits per heavy atom. The van der Waals surface area contributed by atoms with Gasteiger partial charge in [-0.1, -0.05) is 0 Å². The monoisotopic (exact) mass is 301 g/mol. The highest BCUT2D eigenvalue weighted by Crippen LogP contribution is 2.38. The lowest BCUT2D eigenvalue weighted by atomic mass is 9.99. The van der Waals surface area contributed by atoms with Crippen molar-refractivity contribution < 1.29 is 5.11 Å². The van der Waals surface area contributed by atoms with E-state index in [1.807, 2.05) is 14.0 Å². The fraction of sp³-hybridized carbons (Fsp3) is 0.750. The average Bonchev–Trinajstić information content (AvgIpc) is 2.87. The van der Waals surface area contributed by atoms with Gasteiger partial charge in [0.2, 0.25) is 0 Å². The van der Waals surface area contributed by atoms with Crippen LogP contribution in [0.5, 0.6) is 0 Å². The first-order chi connectivity index (χ1) is 8.03. The molecule has 1 aromatic rings. The standard InChI is InChI=1S/C12H20BrN3O/c1-8-11(13)9(2)16(15-8)10-4-5-12(6-10,7-17)14-3/h10,14,17H,4-7H2,1-3H3. The van der Waals surface area contributed by atoms with E-state index in [0.29, 0.717) is 6.04 Å². The molecule has 0 aromatic carbocycles. The summed E-state index contributed by atoms with van der Waals surface area (Å²) in [5.74, 6) is 0. The van der Waals surface area contributed by atoms with E-state index in [9.17, 15) is 5.11 Å². The Morgan fingerprint density at radius 1 is 1.59 bits per heavy atom. The Morgan fingerprint density at radius 3 is 2.71 bits per heavy atom. The van der Waals surface area contributed by atoms with Crippen molar-refractivity contribution in [3.8, 4) is 0 Å². The van der Waals surface area contributed by atoms with E-state index >= 15 is 0 Å². The lowest BCUT2D eigenvalue weighted by Crippen LogP contribution is -2.44. The van der Waals surface area contributed by atoms with Gasteiger partial charge in [0.1, 0.15) is 0 Å². The number of aliphatic hydroxyl groups is 1. The lowest BCUT2D eigenvalue weighted by molar-refractivity contribution is 0.168. The van der Waals surface area contributed by atoms with Crippen molar-refractivity contribution in [1.29, 1.82) is 0 Å². The number of aromatic nitrogens is 2. The molecule has 2 N–H and O–H groups in total. The molecular weight excluding hydrogens is 282 g/mol. The maximum absolute atomic E-state index is 9.51. The summed E-state index contributed by atoms with van der Waals surface area (Å²) in [6.45, 7) is 4.29. The number of nitrogens with one attached hydrogen (secondary N) is 1. The van der Waals surface area contributed by atoms with Crippen molar-refractivity contribution in [2.24, 2.45) is 0 Å². The molecule has 0 amide bonds. The maximum Gasteiger partial charge on any atom is 0.0738 e. The van der Waals surface area contributed by atoms with Gasteiger partial charge in [-0.25, -0.2) is 0 Å². The number of rotatable bonds is 3. The molecule has 0 saturated heterocycles. The zero-order chi connectivity index (χ0) is 12.6. The summed E-state index contributed by atoms with van der Waals surface area (Å²) in [4.78, 5) is 0. The van der Waals surface area contributed by atoms with Crippen LogP contribution in [-0.2, 0) is 0 Å². The number of aryl methyl sites for hydroxylation is 1. The van der Waals surface area contributed by atoms with Crippen molar-refractivity contribution >= 4 is 15.9 Å². The molecule has 1 saturated carbocycles. The zero-order valence-electron chi connectivity index (χ0n) is 10.6. The first-order valence-corrected chi connectivity index (χ1v) is 6.83. The van der Waals surface area contributed by atoms with Gasteiger partial charge in [-0.15, -0.1) is 0 Å². The molecule has 2 rings (SSSR count). The molecule has 1 fully saturated rings. The fourth-order valence-electron chi connectivity index (χ4n) is 2.75. The van der Waals surface area contributed by atoms with Gasteiger partial charge in [0.15, 0.2) is 0 Å². The summed E-state index contributed by atoms with van der Waals surface area (Å²) in [5, 5.41) is 17.4. The molecule has 1 aliphatic rings. The highest BCUT2D eigenvalue weighted by atomic mass is 79.9. The summed E-state index contributed by atoms with van der Waals surface area (Å²) in [6.07, 6.45) is 3.00. The van der Waals surface area contributed by atoms with E-state index in [2.05, 4.69) is 38.0 Å². The number of hydrogen-bond donors (Lipinski definition) is 2. The molecule has 1 aromatic heterocycles. The van der Waals surface area contributed by atoms with E-state index in [1.165, 1.54) is 5.69 Å². The Kier molecular flexibility index (Phi) is 3.61. The molecule has 0 spiro atoms. The van der Waals surface area contributed by atoms with Gasteiger partial charge in [0.25, 0.3) is 0 Å². The minimum absolute atomic E-state index is 0.122. The van der Waals surface area contributed by atoms with Crippen LogP contribution in [0.15, 0.2) is 4.47 Å². The zero-order valence-corrected chi connectivity index (χ0v) is 12.2. The molecule has 1 aliphatic carbocycles. The van der Waals surface area contributed by atoms with Gasteiger partial charge < -0.3 is 10.4 Å². The first kappa shape index (κ1) is 13.1. The number of aliphatic hydroxyl groups excluding tert-OH is 1. The third-order valence-corrected chi connectivity index (χ3v) is 5.15. The van der Waals surface area contributed by atoms with Crippen molar-refractivity contribution in [3.05, 3.63) is 15.9 Å². The fourth-order valence-corrected chi connectivity index (χ4v) is 3.02. The number of likely N-dealkylation sites (N-methyl/N-ethyl adjacent to an activating group) is 1. The number of hydrogen-bond acceptors (Lipinski definition) is 3. The molecule has 96 valence electrons. The molecule has 4 nitrogen and oxygen atoms in total. The average molecular weight is 302 g/mol. The predicted octanol–water partition coefficient (Wildman–Crippen LogP) is 1.94. The topological polar surface area (TPSA) is 50.1 Å². The largest absolute Gasteiger partial charge is 0.394 e. The molecule has 5 heteroatoms. The smallest absolute Gasteiger partial charge is 0.0738 e. The van der Waals surface area contributed by atoms with Gasteiger partial charge in [-0.3, -0.25) is 4.68 Å².